The van der Waals surface area contributed by atoms with E-state index in [4.69, 9.17) is 10.5 Å². The Labute approximate surface area is 108 Å². The first kappa shape index (κ1) is 12.8. The molecule has 0 amide bonds. The molecular formula is C15H20N2O. The van der Waals surface area contributed by atoms with E-state index in [1.807, 2.05) is 30.5 Å². The number of nitrogens with zero attached hydrogens (tertiary/aromatic N) is 1. The van der Waals surface area contributed by atoms with Crippen LogP contribution in [0.1, 0.15) is 26.3 Å². The van der Waals surface area contributed by atoms with E-state index in [9.17, 15) is 0 Å². The number of ether oxygens (including phenoxy) is 1. The van der Waals surface area contributed by atoms with Crippen LogP contribution in [-0.2, 0) is 6.54 Å². The van der Waals surface area contributed by atoms with Crippen molar-refractivity contribution in [3.05, 3.63) is 36.0 Å². The van der Waals surface area contributed by atoms with Gasteiger partial charge in [-0.1, -0.05) is 26.0 Å². The van der Waals surface area contributed by atoms with Crippen molar-refractivity contribution in [1.29, 1.82) is 0 Å². The van der Waals surface area contributed by atoms with E-state index >= 15 is 0 Å². The lowest BCUT2D eigenvalue weighted by molar-refractivity contribution is 0.171. The van der Waals surface area contributed by atoms with E-state index in [0.717, 1.165) is 22.2 Å². The van der Waals surface area contributed by atoms with Crippen molar-refractivity contribution in [3.8, 4) is 5.75 Å². The number of hydrogen-bond acceptors (Lipinski definition) is 3. The van der Waals surface area contributed by atoms with Crippen LogP contribution in [0.25, 0.3) is 10.9 Å². The number of hydrogen-bond donors (Lipinski definition) is 1. The van der Waals surface area contributed by atoms with Crippen LogP contribution in [-0.4, -0.2) is 11.1 Å². The molecule has 18 heavy (non-hydrogen) atoms. The highest BCUT2D eigenvalue weighted by molar-refractivity contribution is 5.86. The van der Waals surface area contributed by atoms with Gasteiger partial charge in [-0.2, -0.15) is 0 Å². The number of benzene rings is 1. The van der Waals surface area contributed by atoms with Gasteiger partial charge in [-0.25, -0.2) is 0 Å². The van der Waals surface area contributed by atoms with Gasteiger partial charge in [0.25, 0.3) is 0 Å². The Bertz CT molecular complexity index is 537. The van der Waals surface area contributed by atoms with Crippen LogP contribution in [0.15, 0.2) is 30.5 Å². The summed E-state index contributed by atoms with van der Waals surface area (Å²) >= 11 is 0. The fourth-order valence-electron chi connectivity index (χ4n) is 1.76. The molecule has 1 heterocycles. The summed E-state index contributed by atoms with van der Waals surface area (Å²) in [5.41, 5.74) is 7.68. The standard InChI is InChI=1S/C15H20N2O/c1-10(2)11(3)18-15-12(8-16)9-17-14-7-5-4-6-13(14)15/h4-7,9-11H,8,16H2,1-3H3. The molecular weight excluding hydrogens is 224 g/mol. The van der Waals surface area contributed by atoms with E-state index in [1.54, 1.807) is 0 Å². The average molecular weight is 244 g/mol. The Balaban J connectivity index is 2.51. The fraction of sp³-hybridized carbons (Fsp3) is 0.400. The maximum atomic E-state index is 6.09. The second kappa shape index (κ2) is 5.36. The minimum absolute atomic E-state index is 0.154. The van der Waals surface area contributed by atoms with E-state index in [2.05, 4.69) is 25.8 Å². The number of para-hydroxylation sites is 1. The molecule has 0 aliphatic rings. The van der Waals surface area contributed by atoms with Gasteiger partial charge in [0.2, 0.25) is 0 Å². The van der Waals surface area contributed by atoms with Crippen molar-refractivity contribution in [1.82, 2.24) is 4.98 Å². The largest absolute Gasteiger partial charge is 0.489 e. The molecule has 0 saturated heterocycles. The van der Waals surface area contributed by atoms with Gasteiger partial charge in [0, 0.05) is 23.7 Å². The number of nitrogens with two attached hydrogens (primary N) is 1. The van der Waals surface area contributed by atoms with Gasteiger partial charge in [0.15, 0.2) is 0 Å². The van der Waals surface area contributed by atoms with Crippen molar-refractivity contribution in [2.75, 3.05) is 0 Å². The summed E-state index contributed by atoms with van der Waals surface area (Å²) in [5, 5.41) is 1.04. The van der Waals surface area contributed by atoms with Gasteiger partial charge < -0.3 is 10.5 Å². The highest BCUT2D eigenvalue weighted by Crippen LogP contribution is 2.29. The van der Waals surface area contributed by atoms with Crippen molar-refractivity contribution in [3.63, 3.8) is 0 Å². The Hall–Kier alpha value is -1.61. The van der Waals surface area contributed by atoms with E-state index in [1.165, 1.54) is 0 Å². The molecule has 2 rings (SSSR count). The van der Waals surface area contributed by atoms with Crippen LogP contribution in [0.5, 0.6) is 5.75 Å². The molecule has 0 radical (unpaired) electrons. The zero-order chi connectivity index (χ0) is 13.1. The van der Waals surface area contributed by atoms with E-state index < -0.39 is 0 Å². The van der Waals surface area contributed by atoms with Gasteiger partial charge in [0.1, 0.15) is 5.75 Å². The monoisotopic (exact) mass is 244 g/mol. The van der Waals surface area contributed by atoms with Crippen molar-refractivity contribution >= 4 is 10.9 Å². The summed E-state index contributed by atoms with van der Waals surface area (Å²) in [6, 6.07) is 8.00. The second-order valence-electron chi connectivity index (χ2n) is 4.90. The van der Waals surface area contributed by atoms with Crippen LogP contribution in [0.4, 0.5) is 0 Å². The maximum Gasteiger partial charge on any atom is 0.135 e. The van der Waals surface area contributed by atoms with Gasteiger partial charge in [-0.3, -0.25) is 4.98 Å². The molecule has 0 aliphatic heterocycles. The molecule has 3 nitrogen and oxygen atoms in total. The number of fused-ring (bicyclic) bond motifs is 1. The quantitative estimate of drug-likeness (QED) is 0.899. The third-order valence-corrected chi connectivity index (χ3v) is 3.26. The van der Waals surface area contributed by atoms with Crippen LogP contribution >= 0.6 is 0 Å². The summed E-state index contributed by atoms with van der Waals surface area (Å²) < 4.78 is 6.09. The molecule has 0 saturated carbocycles. The molecule has 1 aromatic heterocycles. The summed E-state index contributed by atoms with van der Waals surface area (Å²) in [6.45, 7) is 6.82. The summed E-state index contributed by atoms with van der Waals surface area (Å²) in [4.78, 5) is 4.40. The molecule has 0 bridgehead atoms. The third-order valence-electron chi connectivity index (χ3n) is 3.26. The number of pyridine rings is 1. The predicted molar refractivity (Wildman–Crippen MR) is 74.6 cm³/mol. The zero-order valence-electron chi connectivity index (χ0n) is 11.2. The summed E-state index contributed by atoms with van der Waals surface area (Å²) in [6.07, 6.45) is 1.96. The lowest BCUT2D eigenvalue weighted by Gasteiger charge is -2.21. The first-order chi connectivity index (χ1) is 8.63. The lowest BCUT2D eigenvalue weighted by Crippen LogP contribution is -2.20. The maximum absolute atomic E-state index is 6.09. The highest BCUT2D eigenvalue weighted by Gasteiger charge is 2.14. The van der Waals surface area contributed by atoms with Gasteiger partial charge >= 0.3 is 0 Å². The van der Waals surface area contributed by atoms with E-state index in [0.29, 0.717) is 12.5 Å². The van der Waals surface area contributed by atoms with Crippen LogP contribution in [0.2, 0.25) is 0 Å². The van der Waals surface area contributed by atoms with Crippen LogP contribution < -0.4 is 10.5 Å². The number of rotatable bonds is 4. The molecule has 1 aromatic carbocycles. The second-order valence-corrected chi connectivity index (χ2v) is 4.90. The Morgan fingerprint density at radius 3 is 2.61 bits per heavy atom. The smallest absolute Gasteiger partial charge is 0.135 e. The van der Waals surface area contributed by atoms with Gasteiger partial charge in [0.05, 0.1) is 11.6 Å². The van der Waals surface area contributed by atoms with Crippen LogP contribution in [0, 0.1) is 5.92 Å². The molecule has 3 heteroatoms. The minimum atomic E-state index is 0.154. The summed E-state index contributed by atoms with van der Waals surface area (Å²) in [5.74, 6) is 1.34. The van der Waals surface area contributed by atoms with Gasteiger partial charge in [-0.15, -0.1) is 0 Å². The average Bonchev–Trinajstić information content (AvgIpc) is 2.39. The molecule has 1 unspecified atom stereocenters. The lowest BCUT2D eigenvalue weighted by atomic mass is 10.1. The van der Waals surface area contributed by atoms with E-state index in [-0.39, 0.29) is 6.10 Å². The third kappa shape index (κ3) is 2.46. The van der Waals surface area contributed by atoms with Crippen molar-refractivity contribution < 1.29 is 4.74 Å². The predicted octanol–water partition coefficient (Wildman–Crippen LogP) is 3.12. The highest BCUT2D eigenvalue weighted by atomic mass is 16.5. The van der Waals surface area contributed by atoms with Crippen molar-refractivity contribution in [2.45, 2.75) is 33.4 Å². The fourth-order valence-corrected chi connectivity index (χ4v) is 1.76. The normalized spacial score (nSPS) is 12.9. The SMILES string of the molecule is CC(C)C(C)Oc1c(CN)cnc2ccccc12. The molecule has 1 atom stereocenters. The molecule has 2 aromatic rings. The molecule has 2 N–H and O–H groups in total. The zero-order valence-corrected chi connectivity index (χ0v) is 11.2. The Morgan fingerprint density at radius 2 is 1.94 bits per heavy atom. The molecule has 0 spiro atoms. The number of aromatic nitrogens is 1. The first-order valence-corrected chi connectivity index (χ1v) is 6.36. The summed E-state index contributed by atoms with van der Waals surface area (Å²) in [7, 11) is 0. The topological polar surface area (TPSA) is 48.1 Å². The molecule has 0 fully saturated rings. The Kier molecular flexibility index (Phi) is 3.82. The molecule has 96 valence electrons. The van der Waals surface area contributed by atoms with Gasteiger partial charge in [-0.05, 0) is 25.0 Å². The Morgan fingerprint density at radius 1 is 1.22 bits per heavy atom. The van der Waals surface area contributed by atoms with Crippen molar-refractivity contribution in [2.24, 2.45) is 11.7 Å². The molecule has 0 aliphatic carbocycles. The van der Waals surface area contributed by atoms with Crippen LogP contribution in [0.3, 0.4) is 0 Å². The minimum Gasteiger partial charge on any atom is -0.489 e. The first-order valence-electron chi connectivity index (χ1n) is 6.36.